The molecule has 2 aromatic heterocycles. The number of rotatable bonds is 6. The van der Waals surface area contributed by atoms with Crippen LogP contribution in [0.3, 0.4) is 0 Å². The molecule has 0 saturated carbocycles. The molecule has 0 unspecified atom stereocenters. The maximum absolute atomic E-state index is 13.1. The lowest BCUT2D eigenvalue weighted by atomic mass is 9.94. The molecule has 5 aromatic rings. The summed E-state index contributed by atoms with van der Waals surface area (Å²) in [5.41, 5.74) is 3.35. The second-order valence-electron chi connectivity index (χ2n) is 8.65. The zero-order valence-electron chi connectivity index (χ0n) is 18.7. The van der Waals surface area contributed by atoms with E-state index in [9.17, 15) is 9.59 Å². The molecule has 172 valence electrons. The van der Waals surface area contributed by atoms with Gasteiger partial charge in [-0.25, -0.2) is 4.98 Å². The van der Waals surface area contributed by atoms with Crippen molar-refractivity contribution in [2.75, 3.05) is 0 Å². The van der Waals surface area contributed by atoms with Crippen molar-refractivity contribution in [1.29, 1.82) is 0 Å². The minimum absolute atomic E-state index is 0.365. The van der Waals surface area contributed by atoms with Crippen LogP contribution < -0.4 is 5.32 Å². The first-order valence-electron chi connectivity index (χ1n) is 11.4. The summed E-state index contributed by atoms with van der Waals surface area (Å²) in [6.45, 7) is 1.61. The van der Waals surface area contributed by atoms with Crippen molar-refractivity contribution in [2.45, 2.75) is 19.5 Å². The van der Waals surface area contributed by atoms with Gasteiger partial charge in [-0.2, -0.15) is 0 Å². The van der Waals surface area contributed by atoms with E-state index >= 15 is 0 Å². The molecule has 0 bridgehead atoms. The third-order valence-electron chi connectivity index (χ3n) is 6.46. The fourth-order valence-electron chi connectivity index (χ4n) is 4.83. The van der Waals surface area contributed by atoms with Gasteiger partial charge in [-0.15, -0.1) is 0 Å². The summed E-state index contributed by atoms with van der Waals surface area (Å²) in [4.78, 5) is 30.2. The van der Waals surface area contributed by atoms with E-state index in [4.69, 9.17) is 0 Å². The molecule has 6 nitrogen and oxygen atoms in total. The monoisotopic (exact) mass is 524 g/mol. The molecule has 6 rings (SSSR count). The minimum atomic E-state index is -0.365. The maximum Gasteiger partial charge on any atom is 0.259 e. The number of halogens is 1. The number of carbonyl (C=O) groups is 2. The Balaban J connectivity index is 1.48. The Morgan fingerprint density at radius 2 is 1.71 bits per heavy atom. The number of aromatic nitrogens is 3. The van der Waals surface area contributed by atoms with Gasteiger partial charge in [0.05, 0.1) is 17.5 Å². The Morgan fingerprint density at radius 3 is 2.54 bits per heavy atom. The van der Waals surface area contributed by atoms with E-state index in [1.54, 1.807) is 6.20 Å². The smallest absolute Gasteiger partial charge is 0.259 e. The number of imide groups is 1. The molecule has 1 aliphatic heterocycles. The molecule has 1 aliphatic rings. The first kappa shape index (κ1) is 21.6. The van der Waals surface area contributed by atoms with Crippen LogP contribution in [0.4, 0.5) is 0 Å². The average molecular weight is 525 g/mol. The predicted octanol–water partition coefficient (Wildman–Crippen LogP) is 5.41. The van der Waals surface area contributed by atoms with Crippen LogP contribution in [0.5, 0.6) is 0 Å². The number of imidazole rings is 1. The van der Waals surface area contributed by atoms with Crippen LogP contribution in [0.15, 0.2) is 90.1 Å². The summed E-state index contributed by atoms with van der Waals surface area (Å²) in [5, 5.41) is 5.57. The highest BCUT2D eigenvalue weighted by Crippen LogP contribution is 2.37. The molecular formula is C28H21BrN4O2. The Kier molecular flexibility index (Phi) is 5.34. The van der Waals surface area contributed by atoms with Crippen molar-refractivity contribution in [1.82, 2.24) is 19.4 Å². The molecule has 1 N–H and O–H groups in total. The highest BCUT2D eigenvalue weighted by atomic mass is 79.9. The molecule has 2 amide bonds. The Bertz CT molecular complexity index is 1650. The molecule has 3 aromatic carbocycles. The molecule has 3 heterocycles. The lowest BCUT2D eigenvalue weighted by Gasteiger charge is -2.06. The third kappa shape index (κ3) is 3.88. The molecule has 0 aliphatic carbocycles. The van der Waals surface area contributed by atoms with Crippen LogP contribution >= 0.6 is 15.9 Å². The summed E-state index contributed by atoms with van der Waals surface area (Å²) in [5.74, 6) is -0.730. The van der Waals surface area contributed by atoms with Gasteiger partial charge in [0.15, 0.2) is 0 Å². The molecule has 0 saturated heterocycles. The molecule has 35 heavy (non-hydrogen) atoms. The molecule has 0 atom stereocenters. The summed E-state index contributed by atoms with van der Waals surface area (Å²) in [7, 11) is 0. The number of carbonyl (C=O) groups excluding carboxylic acids is 2. The minimum Gasteiger partial charge on any atom is -0.347 e. The summed E-state index contributed by atoms with van der Waals surface area (Å²) in [6.07, 6.45) is 8.44. The van der Waals surface area contributed by atoms with Crippen molar-refractivity contribution in [3.63, 3.8) is 0 Å². The summed E-state index contributed by atoms with van der Waals surface area (Å²) >= 11 is 3.57. The maximum atomic E-state index is 13.1. The van der Waals surface area contributed by atoms with Crippen LogP contribution in [-0.4, -0.2) is 25.9 Å². The van der Waals surface area contributed by atoms with Crippen molar-refractivity contribution in [3.8, 4) is 0 Å². The van der Waals surface area contributed by atoms with Gasteiger partial charge in [0.2, 0.25) is 0 Å². The van der Waals surface area contributed by atoms with Crippen LogP contribution in [0.1, 0.15) is 17.5 Å². The molecule has 0 radical (unpaired) electrons. The van der Waals surface area contributed by atoms with E-state index in [-0.39, 0.29) is 11.8 Å². The lowest BCUT2D eigenvalue weighted by molar-refractivity contribution is -0.122. The van der Waals surface area contributed by atoms with Gasteiger partial charge < -0.3 is 9.13 Å². The van der Waals surface area contributed by atoms with Crippen LogP contribution in [0.25, 0.3) is 32.8 Å². The summed E-state index contributed by atoms with van der Waals surface area (Å²) < 4.78 is 5.13. The number of benzene rings is 3. The van der Waals surface area contributed by atoms with E-state index in [0.29, 0.717) is 11.1 Å². The average Bonchev–Trinajstić information content (AvgIpc) is 3.56. The standard InChI is InChI=1S/C28H21BrN4O2/c29-21-8-9-24-22(15-21)23(16-33(24)12-3-11-32-13-10-30-17-32)26-25(27(34)31-28(26)35)20-7-6-18-4-1-2-5-19(18)14-20/h1-2,4-10,13-17H,3,11-12H2,(H,31,34,35). The topological polar surface area (TPSA) is 68.9 Å². The largest absolute Gasteiger partial charge is 0.347 e. The van der Waals surface area contributed by atoms with E-state index in [1.807, 2.05) is 84.0 Å². The number of hydrogen-bond acceptors (Lipinski definition) is 3. The molecule has 0 fully saturated rings. The Labute approximate surface area is 210 Å². The number of aryl methyl sites for hydroxylation is 2. The lowest BCUT2D eigenvalue weighted by Crippen LogP contribution is -2.22. The number of nitrogens with zero attached hydrogens (tertiary/aromatic N) is 3. The zero-order chi connectivity index (χ0) is 23.9. The van der Waals surface area contributed by atoms with Gasteiger partial charge in [-0.3, -0.25) is 14.9 Å². The van der Waals surface area contributed by atoms with Gasteiger partial charge in [0.1, 0.15) is 0 Å². The Morgan fingerprint density at radius 1 is 0.886 bits per heavy atom. The van der Waals surface area contributed by atoms with Gasteiger partial charge in [-0.05, 0) is 47.0 Å². The number of hydrogen-bond donors (Lipinski definition) is 1. The van der Waals surface area contributed by atoms with E-state index < -0.39 is 0 Å². The van der Waals surface area contributed by atoms with Crippen LogP contribution in [0, 0.1) is 0 Å². The first-order valence-corrected chi connectivity index (χ1v) is 12.2. The van der Waals surface area contributed by atoms with Crippen molar-refractivity contribution < 1.29 is 9.59 Å². The van der Waals surface area contributed by atoms with Gasteiger partial charge in [0.25, 0.3) is 11.8 Å². The quantitative estimate of drug-likeness (QED) is 0.302. The van der Waals surface area contributed by atoms with Crippen molar-refractivity contribution in [2.24, 2.45) is 0 Å². The number of nitrogens with one attached hydrogen (secondary N) is 1. The van der Waals surface area contributed by atoms with Crippen molar-refractivity contribution in [3.05, 3.63) is 101 Å². The van der Waals surface area contributed by atoms with Gasteiger partial charge >= 0.3 is 0 Å². The summed E-state index contributed by atoms with van der Waals surface area (Å²) in [6, 6.07) is 19.9. The highest BCUT2D eigenvalue weighted by molar-refractivity contribution is 9.10. The van der Waals surface area contributed by atoms with Crippen molar-refractivity contribution >= 4 is 60.6 Å². The molecule has 7 heteroatoms. The molecular weight excluding hydrogens is 504 g/mol. The second-order valence-corrected chi connectivity index (χ2v) is 9.56. The van der Waals surface area contributed by atoms with Gasteiger partial charge in [0, 0.05) is 52.6 Å². The van der Waals surface area contributed by atoms with Crippen LogP contribution in [-0.2, 0) is 22.7 Å². The highest BCUT2D eigenvalue weighted by Gasteiger charge is 2.34. The van der Waals surface area contributed by atoms with E-state index in [2.05, 4.69) is 30.8 Å². The van der Waals surface area contributed by atoms with Crippen LogP contribution in [0.2, 0.25) is 0 Å². The number of fused-ring (bicyclic) bond motifs is 2. The van der Waals surface area contributed by atoms with E-state index in [0.717, 1.165) is 56.8 Å². The normalized spacial score (nSPS) is 13.9. The fourth-order valence-corrected chi connectivity index (χ4v) is 5.19. The zero-order valence-corrected chi connectivity index (χ0v) is 20.3. The fraction of sp³-hybridized carbons (Fsp3) is 0.107. The van der Waals surface area contributed by atoms with Gasteiger partial charge in [-0.1, -0.05) is 52.3 Å². The third-order valence-corrected chi connectivity index (χ3v) is 6.95. The molecule has 0 spiro atoms. The second kappa shape index (κ2) is 8.67. The predicted molar refractivity (Wildman–Crippen MR) is 140 cm³/mol. The Hall–Kier alpha value is -3.97. The first-order chi connectivity index (χ1) is 17.1. The van der Waals surface area contributed by atoms with E-state index in [1.165, 1.54) is 0 Å². The SMILES string of the molecule is O=C1NC(=O)C(c2cn(CCCn3ccnc3)c3ccc(Br)cc23)=C1c1ccc2ccccc2c1. The number of amides is 2.